The molecule has 5 nitrogen and oxygen atoms in total. The van der Waals surface area contributed by atoms with Gasteiger partial charge in [0, 0.05) is 17.6 Å². The molecular formula is C16H20Cl2N4O. The highest BCUT2D eigenvalue weighted by Crippen LogP contribution is 2.19. The van der Waals surface area contributed by atoms with Crippen LogP contribution in [0.4, 0.5) is 0 Å². The van der Waals surface area contributed by atoms with E-state index in [0.29, 0.717) is 10.6 Å². The lowest BCUT2D eigenvalue weighted by molar-refractivity contribution is 0.0939. The maximum absolute atomic E-state index is 12.5. The molecule has 1 aromatic carbocycles. The fourth-order valence-electron chi connectivity index (χ4n) is 2.78. The third kappa shape index (κ3) is 3.86. The van der Waals surface area contributed by atoms with Crippen molar-refractivity contribution in [2.75, 3.05) is 13.1 Å². The number of aromatic nitrogens is 2. The third-order valence-electron chi connectivity index (χ3n) is 3.90. The van der Waals surface area contributed by atoms with E-state index in [-0.39, 0.29) is 24.4 Å². The zero-order chi connectivity index (χ0) is 15.5. The zero-order valence-electron chi connectivity index (χ0n) is 12.9. The predicted octanol–water partition coefficient (Wildman–Crippen LogP) is 2.60. The van der Waals surface area contributed by atoms with E-state index >= 15 is 0 Å². The smallest absolute Gasteiger partial charge is 0.255 e. The maximum Gasteiger partial charge on any atom is 0.255 e. The molecule has 0 radical (unpaired) electrons. The van der Waals surface area contributed by atoms with Gasteiger partial charge in [-0.25, -0.2) is 4.68 Å². The molecule has 1 amide bonds. The van der Waals surface area contributed by atoms with Gasteiger partial charge in [-0.3, -0.25) is 4.79 Å². The van der Waals surface area contributed by atoms with Gasteiger partial charge in [-0.15, -0.1) is 12.4 Å². The number of rotatable bonds is 4. The summed E-state index contributed by atoms with van der Waals surface area (Å²) in [7, 11) is 0. The molecule has 1 fully saturated rings. The maximum atomic E-state index is 12.5. The molecule has 124 valence electrons. The van der Waals surface area contributed by atoms with Crippen LogP contribution in [0.2, 0.25) is 5.02 Å². The molecule has 2 N–H and O–H groups in total. The van der Waals surface area contributed by atoms with E-state index < -0.39 is 0 Å². The van der Waals surface area contributed by atoms with E-state index in [9.17, 15) is 4.79 Å². The van der Waals surface area contributed by atoms with Gasteiger partial charge in [0.05, 0.1) is 23.1 Å². The van der Waals surface area contributed by atoms with Crippen LogP contribution in [0.25, 0.3) is 5.69 Å². The third-order valence-corrected chi connectivity index (χ3v) is 4.13. The minimum Gasteiger partial charge on any atom is -0.348 e. The van der Waals surface area contributed by atoms with Crippen LogP contribution in [0.1, 0.15) is 29.4 Å². The summed E-state index contributed by atoms with van der Waals surface area (Å²) < 4.78 is 1.79. The average Bonchev–Trinajstić information content (AvgIpc) is 3.15. The zero-order valence-corrected chi connectivity index (χ0v) is 14.5. The Kier molecular flexibility index (Phi) is 6.04. The Bertz CT molecular complexity index is 680. The molecule has 2 heterocycles. The van der Waals surface area contributed by atoms with Crippen LogP contribution in [0, 0.1) is 0 Å². The fraction of sp³-hybridized carbons (Fsp3) is 0.375. The van der Waals surface area contributed by atoms with Crippen molar-refractivity contribution in [1.82, 2.24) is 20.4 Å². The standard InChI is InChI=1S/C16H19ClN4O.ClH/c1-2-15-14(16(22)20-12-6-7-18-9-12)10-19-21(15)13-5-3-4-11(17)8-13;/h3-5,8,10,12,18H,2,6-7,9H2,1H3,(H,20,22);1H. The average molecular weight is 355 g/mol. The van der Waals surface area contributed by atoms with E-state index in [2.05, 4.69) is 15.7 Å². The molecule has 1 unspecified atom stereocenters. The number of carbonyl (C=O) groups excluding carboxylic acids is 1. The molecule has 0 bridgehead atoms. The number of amides is 1. The van der Waals surface area contributed by atoms with Crippen LogP contribution in [-0.2, 0) is 6.42 Å². The first-order chi connectivity index (χ1) is 10.7. The summed E-state index contributed by atoms with van der Waals surface area (Å²) >= 11 is 6.05. The SMILES string of the molecule is CCc1c(C(=O)NC2CCNC2)cnn1-c1cccc(Cl)c1.Cl. The number of benzene rings is 1. The molecule has 3 rings (SSSR count). The van der Waals surface area contributed by atoms with Crippen molar-refractivity contribution in [2.24, 2.45) is 0 Å². The molecule has 1 atom stereocenters. The van der Waals surface area contributed by atoms with Crippen LogP contribution in [0.15, 0.2) is 30.5 Å². The molecule has 1 aliphatic heterocycles. The van der Waals surface area contributed by atoms with Gasteiger partial charge in [0.15, 0.2) is 0 Å². The van der Waals surface area contributed by atoms with Gasteiger partial charge < -0.3 is 10.6 Å². The number of halogens is 2. The second kappa shape index (κ2) is 7.81. The van der Waals surface area contributed by atoms with Crippen molar-refractivity contribution >= 4 is 29.9 Å². The van der Waals surface area contributed by atoms with Crippen LogP contribution in [0.3, 0.4) is 0 Å². The lowest BCUT2D eigenvalue weighted by Crippen LogP contribution is -2.36. The van der Waals surface area contributed by atoms with Gasteiger partial charge in [-0.05, 0) is 37.6 Å². The van der Waals surface area contributed by atoms with Gasteiger partial charge in [-0.1, -0.05) is 24.6 Å². The summed E-state index contributed by atoms with van der Waals surface area (Å²) in [5.41, 5.74) is 2.39. The Morgan fingerprint density at radius 3 is 3.00 bits per heavy atom. The van der Waals surface area contributed by atoms with Gasteiger partial charge in [0.1, 0.15) is 0 Å². The van der Waals surface area contributed by atoms with Crippen molar-refractivity contribution in [3.63, 3.8) is 0 Å². The highest BCUT2D eigenvalue weighted by atomic mass is 35.5. The summed E-state index contributed by atoms with van der Waals surface area (Å²) in [6.45, 7) is 3.80. The van der Waals surface area contributed by atoms with E-state index in [1.165, 1.54) is 0 Å². The Morgan fingerprint density at radius 2 is 2.35 bits per heavy atom. The molecular weight excluding hydrogens is 335 g/mol. The summed E-state index contributed by atoms with van der Waals surface area (Å²) in [4.78, 5) is 12.5. The topological polar surface area (TPSA) is 59.0 Å². The molecule has 1 aliphatic rings. The van der Waals surface area contributed by atoms with Crippen molar-refractivity contribution < 1.29 is 4.79 Å². The Balaban J connectivity index is 0.00000192. The van der Waals surface area contributed by atoms with E-state index in [4.69, 9.17) is 11.6 Å². The summed E-state index contributed by atoms with van der Waals surface area (Å²) in [5.74, 6) is -0.0566. The second-order valence-electron chi connectivity index (χ2n) is 5.41. The predicted molar refractivity (Wildman–Crippen MR) is 93.9 cm³/mol. The van der Waals surface area contributed by atoms with E-state index in [1.54, 1.807) is 10.9 Å². The molecule has 2 aromatic rings. The Morgan fingerprint density at radius 1 is 1.52 bits per heavy atom. The van der Waals surface area contributed by atoms with Crippen LogP contribution in [-0.4, -0.2) is 34.8 Å². The highest BCUT2D eigenvalue weighted by molar-refractivity contribution is 6.30. The summed E-state index contributed by atoms with van der Waals surface area (Å²) in [6.07, 6.45) is 3.32. The summed E-state index contributed by atoms with van der Waals surface area (Å²) in [5, 5.41) is 11.3. The van der Waals surface area contributed by atoms with E-state index in [0.717, 1.165) is 37.3 Å². The minimum atomic E-state index is -0.0566. The van der Waals surface area contributed by atoms with Crippen molar-refractivity contribution in [3.8, 4) is 5.69 Å². The van der Waals surface area contributed by atoms with Gasteiger partial charge in [-0.2, -0.15) is 5.10 Å². The van der Waals surface area contributed by atoms with Crippen molar-refractivity contribution in [3.05, 3.63) is 46.7 Å². The first-order valence-corrected chi connectivity index (χ1v) is 7.91. The highest BCUT2D eigenvalue weighted by Gasteiger charge is 2.21. The normalized spacial score (nSPS) is 16.9. The molecule has 7 heteroatoms. The first-order valence-electron chi connectivity index (χ1n) is 7.53. The van der Waals surface area contributed by atoms with Crippen LogP contribution >= 0.6 is 24.0 Å². The van der Waals surface area contributed by atoms with E-state index in [1.807, 2.05) is 31.2 Å². The van der Waals surface area contributed by atoms with Crippen LogP contribution < -0.4 is 10.6 Å². The van der Waals surface area contributed by atoms with Gasteiger partial charge >= 0.3 is 0 Å². The molecule has 1 saturated heterocycles. The fourth-order valence-corrected chi connectivity index (χ4v) is 2.96. The quantitative estimate of drug-likeness (QED) is 0.886. The second-order valence-corrected chi connectivity index (χ2v) is 5.85. The largest absolute Gasteiger partial charge is 0.348 e. The Hall–Kier alpha value is -1.56. The minimum absolute atomic E-state index is 0. The van der Waals surface area contributed by atoms with Crippen molar-refractivity contribution in [2.45, 2.75) is 25.8 Å². The molecule has 23 heavy (non-hydrogen) atoms. The molecule has 0 aliphatic carbocycles. The molecule has 1 aromatic heterocycles. The number of hydrogen-bond acceptors (Lipinski definition) is 3. The van der Waals surface area contributed by atoms with Crippen LogP contribution in [0.5, 0.6) is 0 Å². The number of carbonyl (C=O) groups is 1. The monoisotopic (exact) mass is 354 g/mol. The number of nitrogens with zero attached hydrogens (tertiary/aromatic N) is 2. The molecule has 0 saturated carbocycles. The number of hydrogen-bond donors (Lipinski definition) is 2. The summed E-state index contributed by atoms with van der Waals surface area (Å²) in [6, 6.07) is 7.67. The number of nitrogens with one attached hydrogen (secondary N) is 2. The Labute approximate surface area is 146 Å². The van der Waals surface area contributed by atoms with Crippen molar-refractivity contribution in [1.29, 1.82) is 0 Å². The lowest BCUT2D eigenvalue weighted by atomic mass is 10.1. The van der Waals surface area contributed by atoms with Gasteiger partial charge in [0.2, 0.25) is 0 Å². The van der Waals surface area contributed by atoms with Gasteiger partial charge in [0.25, 0.3) is 5.91 Å². The lowest BCUT2D eigenvalue weighted by Gasteiger charge is -2.12. The molecule has 0 spiro atoms. The first kappa shape index (κ1) is 17.8.